The Morgan fingerprint density at radius 2 is 2.19 bits per heavy atom. The molecule has 1 aliphatic rings. The van der Waals surface area contributed by atoms with Gasteiger partial charge in [0.1, 0.15) is 12.4 Å². The second kappa shape index (κ2) is 10.7. The van der Waals surface area contributed by atoms with Crippen LogP contribution in [0.15, 0.2) is 12.4 Å². The minimum Gasteiger partial charge on any atom is -0.379 e. The lowest BCUT2D eigenvalue weighted by atomic mass is 10.2. The van der Waals surface area contributed by atoms with Crippen molar-refractivity contribution in [1.82, 2.24) is 30.8 Å². The summed E-state index contributed by atoms with van der Waals surface area (Å²) in [6.45, 7) is 7.06. The summed E-state index contributed by atoms with van der Waals surface area (Å²) in [5, 5.41) is 17.9. The smallest absolute Gasteiger partial charge is 0.306 e. The molecule has 0 saturated carbocycles. The van der Waals surface area contributed by atoms with Gasteiger partial charge in [0.25, 0.3) is 0 Å². The summed E-state index contributed by atoms with van der Waals surface area (Å²) in [5.41, 5.74) is 5.08. The number of rotatable bonds is 8. The molecule has 1 atom stereocenters. The van der Waals surface area contributed by atoms with Gasteiger partial charge < -0.3 is 10.1 Å². The van der Waals surface area contributed by atoms with Crippen LogP contribution in [0.3, 0.4) is 0 Å². The van der Waals surface area contributed by atoms with E-state index in [-0.39, 0.29) is 18.1 Å². The van der Waals surface area contributed by atoms with Crippen LogP contribution in [0.25, 0.3) is 0 Å². The normalized spacial score (nSPS) is 15.7. The molecule has 0 aromatic carbocycles. The van der Waals surface area contributed by atoms with Crippen molar-refractivity contribution < 1.29 is 14.5 Å². The Kier molecular flexibility index (Phi) is 8.36. The van der Waals surface area contributed by atoms with E-state index in [1.54, 1.807) is 6.92 Å². The number of nitro groups is 1. The van der Waals surface area contributed by atoms with Crippen LogP contribution in [0.4, 0.5) is 5.69 Å². The number of ether oxygens (including phenoxy) is 1. The predicted molar refractivity (Wildman–Crippen MR) is 102 cm³/mol. The van der Waals surface area contributed by atoms with E-state index in [0.717, 1.165) is 45.5 Å². The van der Waals surface area contributed by atoms with Crippen LogP contribution in [0, 0.1) is 16.0 Å². The zero-order valence-corrected chi connectivity index (χ0v) is 16.0. The van der Waals surface area contributed by atoms with Crippen LogP contribution in [-0.4, -0.2) is 70.0 Å². The lowest BCUT2D eigenvalue weighted by Crippen LogP contribution is -2.49. The van der Waals surface area contributed by atoms with Crippen LogP contribution in [0.1, 0.15) is 13.3 Å². The number of nitrogens with zero attached hydrogens (tertiary/aromatic N) is 4. The Hall–Kier alpha value is -2.31. The first-order valence-corrected chi connectivity index (χ1v) is 9.17. The first-order chi connectivity index (χ1) is 13.0. The molecule has 2 heterocycles. The van der Waals surface area contributed by atoms with Crippen molar-refractivity contribution >= 4 is 28.9 Å². The third kappa shape index (κ3) is 7.45. The number of carbonyl (C=O) groups excluding carboxylic acids is 1. The van der Waals surface area contributed by atoms with Gasteiger partial charge >= 0.3 is 5.69 Å². The molecule has 11 nitrogen and oxygen atoms in total. The zero-order chi connectivity index (χ0) is 19.6. The topological polar surface area (TPSA) is 127 Å². The Labute approximate surface area is 162 Å². The average Bonchev–Trinajstić information content (AvgIpc) is 3.13. The van der Waals surface area contributed by atoms with Crippen LogP contribution in [0.5, 0.6) is 0 Å². The van der Waals surface area contributed by atoms with Gasteiger partial charge in [-0.3, -0.25) is 35.3 Å². The van der Waals surface area contributed by atoms with E-state index in [0.29, 0.717) is 11.7 Å². The van der Waals surface area contributed by atoms with E-state index in [1.807, 2.05) is 0 Å². The number of hydrogen-bond donors (Lipinski definition) is 3. The van der Waals surface area contributed by atoms with E-state index in [1.165, 1.54) is 10.9 Å². The summed E-state index contributed by atoms with van der Waals surface area (Å²) in [7, 11) is 0. The van der Waals surface area contributed by atoms with E-state index in [4.69, 9.17) is 17.0 Å². The van der Waals surface area contributed by atoms with E-state index < -0.39 is 10.8 Å². The van der Waals surface area contributed by atoms with E-state index in [2.05, 4.69) is 26.2 Å². The van der Waals surface area contributed by atoms with Crippen molar-refractivity contribution in [3.8, 4) is 0 Å². The minimum atomic E-state index is -0.529. The molecule has 0 unspecified atom stereocenters. The third-order valence-electron chi connectivity index (χ3n) is 4.08. The Balaban J connectivity index is 1.59. The van der Waals surface area contributed by atoms with Gasteiger partial charge in [-0.15, -0.1) is 0 Å². The summed E-state index contributed by atoms with van der Waals surface area (Å²) in [5.74, 6) is -0.730. The Morgan fingerprint density at radius 1 is 1.44 bits per heavy atom. The van der Waals surface area contributed by atoms with Crippen molar-refractivity contribution in [2.75, 3.05) is 39.4 Å². The second-order valence-electron chi connectivity index (χ2n) is 6.26. The molecular weight excluding hydrogens is 374 g/mol. The maximum absolute atomic E-state index is 12.1. The van der Waals surface area contributed by atoms with Crippen molar-refractivity contribution in [2.45, 2.75) is 19.9 Å². The number of amides is 1. The summed E-state index contributed by atoms with van der Waals surface area (Å²) < 4.78 is 6.67. The molecule has 1 fully saturated rings. The fourth-order valence-electron chi connectivity index (χ4n) is 2.53. The van der Waals surface area contributed by atoms with Crippen LogP contribution in [-0.2, 0) is 16.1 Å². The van der Waals surface area contributed by atoms with Gasteiger partial charge in [-0.2, -0.15) is 5.10 Å². The molecule has 12 heteroatoms. The lowest BCUT2D eigenvalue weighted by Gasteiger charge is -2.26. The van der Waals surface area contributed by atoms with Gasteiger partial charge in [-0.05, 0) is 25.2 Å². The second-order valence-corrected chi connectivity index (χ2v) is 6.66. The van der Waals surface area contributed by atoms with Gasteiger partial charge in [0.05, 0.1) is 30.6 Å². The zero-order valence-electron chi connectivity index (χ0n) is 15.2. The van der Waals surface area contributed by atoms with Crippen LogP contribution in [0.2, 0.25) is 0 Å². The summed E-state index contributed by atoms with van der Waals surface area (Å²) >= 11 is 5.13. The quantitative estimate of drug-likeness (QED) is 0.232. The van der Waals surface area contributed by atoms with Gasteiger partial charge in [0.2, 0.25) is 5.91 Å². The monoisotopic (exact) mass is 399 g/mol. The molecule has 1 amide bonds. The molecule has 1 aromatic rings. The largest absolute Gasteiger partial charge is 0.379 e. The molecule has 3 N–H and O–H groups in total. The highest BCUT2D eigenvalue weighted by Crippen LogP contribution is 2.09. The fourth-order valence-corrected chi connectivity index (χ4v) is 2.68. The van der Waals surface area contributed by atoms with E-state index in [9.17, 15) is 14.9 Å². The standard InChI is InChI=1S/C15H25N7O4S/c1-12(10-21-11-13(9-17-21)22(24)25)14(23)18-19-15(27)16-3-2-4-20-5-7-26-8-6-20/h9,11-12H,2-8,10H2,1H3,(H,18,23)(H2,16,19,27)/t12-/m1/s1. The van der Waals surface area contributed by atoms with Gasteiger partial charge in [0, 0.05) is 19.6 Å². The third-order valence-corrected chi connectivity index (χ3v) is 4.32. The molecule has 1 aliphatic heterocycles. The van der Waals surface area contributed by atoms with E-state index >= 15 is 0 Å². The molecule has 2 rings (SSSR count). The molecule has 1 saturated heterocycles. The Morgan fingerprint density at radius 3 is 2.85 bits per heavy atom. The molecule has 27 heavy (non-hydrogen) atoms. The van der Waals surface area contributed by atoms with Crippen molar-refractivity contribution in [3.63, 3.8) is 0 Å². The fraction of sp³-hybridized carbons (Fsp3) is 0.667. The maximum atomic E-state index is 12.1. The minimum absolute atomic E-state index is 0.108. The SMILES string of the molecule is C[C@H](Cn1cc([N+](=O)[O-])cn1)C(=O)NNC(=S)NCCCN1CCOCC1. The summed E-state index contributed by atoms with van der Waals surface area (Å²) in [6.07, 6.45) is 3.38. The van der Waals surface area contributed by atoms with Gasteiger partial charge in [0.15, 0.2) is 5.11 Å². The molecule has 0 radical (unpaired) electrons. The Bertz CT molecular complexity index is 648. The number of aromatic nitrogens is 2. The first kappa shape index (κ1) is 21.0. The molecule has 0 spiro atoms. The van der Waals surface area contributed by atoms with Crippen molar-refractivity contribution in [2.24, 2.45) is 5.92 Å². The number of hydrogen-bond acceptors (Lipinski definition) is 7. The molecule has 150 valence electrons. The van der Waals surface area contributed by atoms with Crippen LogP contribution < -0.4 is 16.2 Å². The summed E-state index contributed by atoms with van der Waals surface area (Å²) in [6, 6.07) is 0. The van der Waals surface area contributed by atoms with Gasteiger partial charge in [-0.25, -0.2) is 0 Å². The number of carbonyl (C=O) groups is 1. The number of thiocarbonyl (C=S) groups is 1. The maximum Gasteiger partial charge on any atom is 0.306 e. The highest BCUT2D eigenvalue weighted by molar-refractivity contribution is 7.80. The lowest BCUT2D eigenvalue weighted by molar-refractivity contribution is -0.385. The summed E-state index contributed by atoms with van der Waals surface area (Å²) in [4.78, 5) is 24.5. The average molecular weight is 399 g/mol. The first-order valence-electron chi connectivity index (χ1n) is 8.76. The number of morpholine rings is 1. The molecular formula is C15H25N7O4S. The number of hydrazine groups is 1. The molecule has 1 aromatic heterocycles. The molecule has 0 aliphatic carbocycles. The van der Waals surface area contributed by atoms with Crippen molar-refractivity contribution in [3.05, 3.63) is 22.5 Å². The van der Waals surface area contributed by atoms with Crippen LogP contribution >= 0.6 is 12.2 Å². The predicted octanol–water partition coefficient (Wildman–Crippen LogP) is -0.355. The highest BCUT2D eigenvalue weighted by atomic mass is 32.1. The molecule has 0 bridgehead atoms. The van der Waals surface area contributed by atoms with Gasteiger partial charge in [-0.1, -0.05) is 6.92 Å². The number of nitrogens with one attached hydrogen (secondary N) is 3. The van der Waals surface area contributed by atoms with Crippen molar-refractivity contribution in [1.29, 1.82) is 0 Å². The highest BCUT2D eigenvalue weighted by Gasteiger charge is 2.16.